The largest absolute Gasteiger partial charge is 0.460 e. The fourth-order valence-corrected chi connectivity index (χ4v) is 7.54. The third-order valence-corrected chi connectivity index (χ3v) is 10.5. The van der Waals surface area contributed by atoms with Crippen LogP contribution in [-0.4, -0.2) is 63.4 Å². The Morgan fingerprint density at radius 3 is 0.809 bits per heavy atom. The third-order valence-electron chi connectivity index (χ3n) is 5.39. The molecule has 30 heteroatoms. The van der Waals surface area contributed by atoms with Gasteiger partial charge in [0, 0.05) is 0 Å². The van der Waals surface area contributed by atoms with Gasteiger partial charge in [-0.05, 0) is 23.8 Å². The molecule has 0 bridgehead atoms. The molecule has 0 saturated heterocycles. The molecule has 0 heterocycles. The van der Waals surface area contributed by atoms with Crippen molar-refractivity contribution in [3.05, 3.63) is 34.9 Å². The molecule has 0 unspecified atom stereocenters. The van der Waals surface area contributed by atoms with Crippen LogP contribution in [0.2, 0.25) is 0 Å². The van der Waals surface area contributed by atoms with Crippen LogP contribution >= 0.6 is 0 Å². The van der Waals surface area contributed by atoms with Crippen LogP contribution < -0.4 is 0 Å². The monoisotopic (exact) mass is 792 g/mol. The zero-order chi connectivity index (χ0) is 38.4. The van der Waals surface area contributed by atoms with Crippen molar-refractivity contribution in [2.24, 2.45) is 0 Å². The van der Waals surface area contributed by atoms with Crippen LogP contribution in [0.1, 0.15) is 21.3 Å². The molecule has 276 valence electrons. The second-order valence-corrected chi connectivity index (χ2v) is 13.0. The van der Waals surface area contributed by atoms with E-state index in [9.17, 15) is 122 Å². The molecule has 47 heavy (non-hydrogen) atoms. The fraction of sp³-hybridized carbons (Fsp3) is 0.647. The Hall–Kier alpha value is -2.56. The molecule has 0 aliphatic rings. The maximum absolute atomic E-state index is 14.5. The summed E-state index contributed by atoms with van der Waals surface area (Å²) in [4.78, 5) is 0. The average molecular weight is 792 g/mol. The van der Waals surface area contributed by atoms with Crippen molar-refractivity contribution in [3.63, 3.8) is 0 Å². The number of halogens is 24. The number of benzene rings is 1. The van der Waals surface area contributed by atoms with Crippen LogP contribution in [0, 0.1) is 0 Å². The first kappa shape index (κ1) is 42.5. The first-order chi connectivity index (χ1) is 19.9. The smallest absolute Gasteiger partial charge is 0.221 e. The summed E-state index contributed by atoms with van der Waals surface area (Å²) in [6.45, 7) is 0. The van der Waals surface area contributed by atoms with Gasteiger partial charge in [0.2, 0.25) is 24.3 Å². The van der Waals surface area contributed by atoms with E-state index in [0.717, 1.165) is 0 Å². The highest BCUT2D eigenvalue weighted by atomic mass is 32.3. The Bertz CT molecular complexity index is 1450. The molecular formula is C17H4F24O4S2. The van der Waals surface area contributed by atoms with Crippen LogP contribution in [0.15, 0.2) is 18.2 Å². The fourth-order valence-electron chi connectivity index (χ4n) is 2.99. The third kappa shape index (κ3) is 6.23. The maximum Gasteiger partial charge on any atom is 0.460 e. The van der Waals surface area contributed by atoms with Crippen LogP contribution in [0.3, 0.4) is 0 Å². The molecule has 0 radical (unpaired) electrons. The molecule has 0 N–H and O–H groups in total. The van der Waals surface area contributed by atoms with Gasteiger partial charge >= 0.3 is 58.9 Å². The van der Waals surface area contributed by atoms with E-state index in [1.54, 1.807) is 0 Å². The topological polar surface area (TPSA) is 68.3 Å². The molecule has 0 fully saturated rings. The van der Waals surface area contributed by atoms with Crippen molar-refractivity contribution in [3.8, 4) is 0 Å². The Kier molecular flexibility index (Phi) is 9.91. The van der Waals surface area contributed by atoms with E-state index in [4.69, 9.17) is 0 Å². The van der Waals surface area contributed by atoms with Gasteiger partial charge < -0.3 is 0 Å². The lowest BCUT2D eigenvalue weighted by Gasteiger charge is -2.37. The van der Waals surface area contributed by atoms with Crippen LogP contribution in [0.5, 0.6) is 0 Å². The average Bonchev–Trinajstić information content (AvgIpc) is 2.80. The van der Waals surface area contributed by atoms with E-state index >= 15 is 0 Å². The number of alkyl halides is 24. The maximum atomic E-state index is 14.5. The summed E-state index contributed by atoms with van der Waals surface area (Å²) in [6, 6.07) is -4.81. The highest BCUT2D eigenvalue weighted by molar-refractivity contribution is 8.09. The first-order valence-electron chi connectivity index (χ1n) is 10.1. The summed E-state index contributed by atoms with van der Waals surface area (Å²) < 4.78 is 363. The lowest BCUT2D eigenvalue weighted by molar-refractivity contribution is -0.382. The molecular weight excluding hydrogens is 788 g/mol. The zero-order valence-electron chi connectivity index (χ0n) is 20.3. The molecule has 4 nitrogen and oxygen atoms in total. The van der Waals surface area contributed by atoms with Crippen molar-refractivity contribution in [1.29, 1.82) is 0 Å². The standard InChI is InChI=1S/C17H4F24O4S2/c18-8(19,20)5-1-4(2-6(3-5)9(21,22)23)7(46(42,43)16(38,39)12(28,29)10(24,25)14(32,33)34)47(44,45)17(40,41)13(30,31)11(26,27)15(35,36)37/h1-3,7H. The highest BCUT2D eigenvalue weighted by Crippen LogP contribution is 2.61. The summed E-state index contributed by atoms with van der Waals surface area (Å²) in [7, 11) is -19.2. The van der Waals surface area contributed by atoms with Crippen LogP contribution in [0.25, 0.3) is 0 Å². The van der Waals surface area contributed by atoms with Crippen molar-refractivity contribution < 1.29 is 122 Å². The molecule has 1 rings (SSSR count). The molecule has 0 aromatic heterocycles. The Labute approximate surface area is 241 Å². The van der Waals surface area contributed by atoms with Gasteiger partial charge in [0.15, 0.2) is 0 Å². The lowest BCUT2D eigenvalue weighted by atomic mass is 10.1. The van der Waals surface area contributed by atoms with Gasteiger partial charge in [0.1, 0.15) is 0 Å². The minimum atomic E-state index is -9.59. The second kappa shape index (κ2) is 11.0. The number of hydrogen-bond acceptors (Lipinski definition) is 4. The summed E-state index contributed by atoms with van der Waals surface area (Å²) in [6.07, 6.45) is -29.3. The number of sulfone groups is 2. The van der Waals surface area contributed by atoms with E-state index in [2.05, 4.69) is 0 Å². The van der Waals surface area contributed by atoms with Gasteiger partial charge in [0.05, 0.1) is 11.1 Å². The Morgan fingerprint density at radius 1 is 0.383 bits per heavy atom. The molecule has 0 atom stereocenters. The van der Waals surface area contributed by atoms with E-state index in [1.807, 2.05) is 0 Å². The zero-order valence-corrected chi connectivity index (χ0v) is 22.0. The molecule has 1 aromatic carbocycles. The predicted octanol–water partition coefficient (Wildman–Crippen LogP) is 8.40. The van der Waals surface area contributed by atoms with Crippen LogP contribution in [0.4, 0.5) is 105 Å². The number of hydrogen-bond donors (Lipinski definition) is 0. The van der Waals surface area contributed by atoms with E-state index in [1.165, 1.54) is 0 Å². The SMILES string of the molecule is O=S(=O)(C(c1cc(C(F)(F)F)cc(C(F)(F)F)c1)S(=O)(=O)C(F)(F)C(F)(F)C(F)(F)C(F)(F)F)C(F)(F)C(F)(F)C(F)(F)C(F)(F)F. The highest BCUT2D eigenvalue weighted by Gasteiger charge is 2.89. The molecule has 0 saturated carbocycles. The molecule has 1 aromatic rings. The van der Waals surface area contributed by atoms with Gasteiger partial charge in [0.25, 0.3) is 0 Å². The second-order valence-electron chi connectivity index (χ2n) is 8.59. The van der Waals surface area contributed by atoms with Gasteiger partial charge in [-0.1, -0.05) is 0 Å². The lowest BCUT2D eigenvalue weighted by Crippen LogP contribution is -2.66. The van der Waals surface area contributed by atoms with E-state index in [0.29, 0.717) is 0 Å². The van der Waals surface area contributed by atoms with Crippen LogP contribution in [-0.2, 0) is 32.0 Å². The van der Waals surface area contributed by atoms with Gasteiger partial charge in [-0.2, -0.15) is 105 Å². The van der Waals surface area contributed by atoms with Gasteiger partial charge in [-0.15, -0.1) is 0 Å². The van der Waals surface area contributed by atoms with Crippen molar-refractivity contribution in [1.82, 2.24) is 0 Å². The van der Waals surface area contributed by atoms with E-state index in [-0.39, 0.29) is 0 Å². The van der Waals surface area contributed by atoms with E-state index < -0.39 is 118 Å². The first-order valence-corrected chi connectivity index (χ1v) is 13.2. The molecule has 0 amide bonds. The molecule has 0 spiro atoms. The quantitative estimate of drug-likeness (QED) is 0.236. The summed E-state index contributed by atoms with van der Waals surface area (Å²) in [5.41, 5.74) is -10.4. The number of rotatable bonds is 9. The molecule has 0 aliphatic carbocycles. The van der Waals surface area contributed by atoms with Gasteiger partial charge in [-0.25, -0.2) is 16.8 Å². The van der Waals surface area contributed by atoms with Crippen molar-refractivity contribution in [2.75, 3.05) is 0 Å². The Morgan fingerprint density at radius 2 is 0.617 bits per heavy atom. The Balaban J connectivity index is 4.66. The summed E-state index contributed by atoms with van der Waals surface area (Å²) >= 11 is 0. The van der Waals surface area contributed by atoms with Crippen molar-refractivity contribution >= 4 is 19.7 Å². The molecule has 0 aliphatic heterocycles. The summed E-state index contributed by atoms with van der Waals surface area (Å²) in [5.74, 6) is -34.7. The summed E-state index contributed by atoms with van der Waals surface area (Å²) in [5, 5.41) is -17.6. The van der Waals surface area contributed by atoms with Gasteiger partial charge in [-0.3, -0.25) is 0 Å². The van der Waals surface area contributed by atoms with Crippen molar-refractivity contribution in [2.45, 2.75) is 63.5 Å². The minimum Gasteiger partial charge on any atom is -0.221 e. The minimum absolute atomic E-state index is 1.34. The predicted molar refractivity (Wildman–Crippen MR) is 98.8 cm³/mol. The normalized spacial score (nSPS) is 16.2.